The summed E-state index contributed by atoms with van der Waals surface area (Å²) in [7, 11) is 0. The van der Waals surface area contributed by atoms with Crippen LogP contribution in [0.1, 0.15) is 13.8 Å². The fourth-order valence-corrected chi connectivity index (χ4v) is 1.00. The van der Waals surface area contributed by atoms with Gasteiger partial charge in [0.1, 0.15) is 0 Å². The van der Waals surface area contributed by atoms with Crippen molar-refractivity contribution in [1.29, 1.82) is 0 Å². The van der Waals surface area contributed by atoms with Crippen molar-refractivity contribution < 1.29 is 26.3 Å². The Kier molecular flexibility index (Phi) is 4.23. The Morgan fingerprint density at radius 1 is 1.00 bits per heavy atom. The summed E-state index contributed by atoms with van der Waals surface area (Å²) < 4.78 is 73.1. The maximum Gasteiger partial charge on any atom is 0.427 e. The highest BCUT2D eigenvalue weighted by Gasteiger charge is 2.59. The van der Waals surface area contributed by atoms with E-state index in [4.69, 9.17) is 0 Å². The van der Waals surface area contributed by atoms with E-state index in [1.165, 1.54) is 13.8 Å². The van der Waals surface area contributed by atoms with Gasteiger partial charge in [0.2, 0.25) is 0 Å². The van der Waals surface area contributed by atoms with Gasteiger partial charge in [0, 0.05) is 13.1 Å². The molecule has 0 radical (unpaired) electrons. The van der Waals surface area contributed by atoms with Crippen LogP contribution in [0.15, 0.2) is 0 Å². The van der Waals surface area contributed by atoms with Gasteiger partial charge in [-0.05, 0) is 0 Å². The minimum absolute atomic E-state index is 0.130. The molecule has 0 aliphatic carbocycles. The standard InChI is InChI=1S/C7H11F6N/c1-3-14(4-2)7(12,13)5(8)6(9,10)11/h5H,3-4H2,1-2H3/t5-/m0/s1. The second kappa shape index (κ2) is 4.37. The van der Waals surface area contributed by atoms with Gasteiger partial charge in [0.05, 0.1) is 0 Å². The summed E-state index contributed by atoms with van der Waals surface area (Å²) in [6.45, 7) is 1.78. The largest absolute Gasteiger partial charge is 0.427 e. The summed E-state index contributed by atoms with van der Waals surface area (Å²) in [5, 5.41) is 0. The molecular formula is C7H11F6N. The summed E-state index contributed by atoms with van der Waals surface area (Å²) in [6.07, 6.45) is -9.68. The number of alkyl halides is 6. The van der Waals surface area contributed by atoms with E-state index in [1.54, 1.807) is 0 Å². The molecule has 1 nitrogen and oxygen atoms in total. The number of rotatable bonds is 4. The van der Waals surface area contributed by atoms with Gasteiger partial charge < -0.3 is 0 Å². The predicted octanol–water partition coefficient (Wildman–Crippen LogP) is 2.82. The molecule has 14 heavy (non-hydrogen) atoms. The van der Waals surface area contributed by atoms with Gasteiger partial charge in [-0.3, -0.25) is 0 Å². The second-order valence-electron chi connectivity index (χ2n) is 2.66. The number of hydrogen-bond donors (Lipinski definition) is 0. The first kappa shape index (κ1) is 13.5. The minimum atomic E-state index is -5.54. The lowest BCUT2D eigenvalue weighted by atomic mass is 10.2. The van der Waals surface area contributed by atoms with Crippen LogP contribution >= 0.6 is 0 Å². The number of hydrogen-bond acceptors (Lipinski definition) is 1. The first-order valence-electron chi connectivity index (χ1n) is 4.01. The molecular weight excluding hydrogens is 212 g/mol. The molecule has 0 aliphatic rings. The first-order valence-corrected chi connectivity index (χ1v) is 4.01. The Morgan fingerprint density at radius 3 is 1.57 bits per heavy atom. The van der Waals surface area contributed by atoms with Crippen molar-refractivity contribution in [2.75, 3.05) is 13.1 Å². The van der Waals surface area contributed by atoms with Crippen LogP contribution in [0.25, 0.3) is 0 Å². The van der Waals surface area contributed by atoms with Gasteiger partial charge in [-0.15, -0.1) is 0 Å². The third-order valence-corrected chi connectivity index (χ3v) is 1.78. The molecule has 0 amide bonds. The summed E-state index contributed by atoms with van der Waals surface area (Å²) in [5.41, 5.74) is 0. The lowest BCUT2D eigenvalue weighted by Crippen LogP contribution is -2.53. The summed E-state index contributed by atoms with van der Waals surface area (Å²) in [6, 6.07) is -4.50. The van der Waals surface area contributed by atoms with Crippen LogP contribution in [0.5, 0.6) is 0 Å². The Morgan fingerprint density at radius 2 is 1.36 bits per heavy atom. The quantitative estimate of drug-likeness (QED) is 0.523. The molecule has 0 unspecified atom stereocenters. The van der Waals surface area contributed by atoms with Gasteiger partial charge in [0.15, 0.2) is 0 Å². The monoisotopic (exact) mass is 223 g/mol. The lowest BCUT2D eigenvalue weighted by Gasteiger charge is -2.32. The molecule has 0 aromatic carbocycles. The highest BCUT2D eigenvalue weighted by molar-refractivity contribution is 4.82. The third-order valence-electron chi connectivity index (χ3n) is 1.78. The predicted molar refractivity (Wildman–Crippen MR) is 38.8 cm³/mol. The van der Waals surface area contributed by atoms with E-state index in [-0.39, 0.29) is 18.0 Å². The van der Waals surface area contributed by atoms with Crippen LogP contribution in [0.4, 0.5) is 26.3 Å². The smallest absolute Gasteiger partial charge is 0.242 e. The SMILES string of the molecule is CCN(CC)C(F)(F)[C@@H](F)C(F)(F)F. The molecule has 0 aromatic heterocycles. The normalized spacial score (nSPS) is 16.1. The maximum atomic E-state index is 12.8. The van der Waals surface area contributed by atoms with Crippen molar-refractivity contribution in [2.24, 2.45) is 0 Å². The van der Waals surface area contributed by atoms with E-state index in [2.05, 4.69) is 0 Å². The Balaban J connectivity index is 4.75. The topological polar surface area (TPSA) is 3.24 Å². The number of halogens is 6. The molecule has 1 atom stereocenters. The average Bonchev–Trinajstić information content (AvgIpc) is 2.03. The molecule has 0 saturated heterocycles. The van der Waals surface area contributed by atoms with Crippen LogP contribution in [0, 0.1) is 0 Å². The number of nitrogens with zero attached hydrogens (tertiary/aromatic N) is 1. The zero-order chi connectivity index (χ0) is 11.6. The Bertz CT molecular complexity index is 174. The highest BCUT2D eigenvalue weighted by Crippen LogP contribution is 2.36. The van der Waals surface area contributed by atoms with E-state index in [1.807, 2.05) is 0 Å². The third kappa shape index (κ3) is 2.76. The molecule has 0 heterocycles. The molecule has 0 N–H and O–H groups in total. The summed E-state index contributed by atoms with van der Waals surface area (Å²) in [5.74, 6) is 0. The van der Waals surface area contributed by atoms with Crippen molar-refractivity contribution in [3.05, 3.63) is 0 Å². The van der Waals surface area contributed by atoms with E-state index in [9.17, 15) is 26.3 Å². The summed E-state index contributed by atoms with van der Waals surface area (Å²) >= 11 is 0. The van der Waals surface area contributed by atoms with Crippen LogP contribution < -0.4 is 0 Å². The van der Waals surface area contributed by atoms with Crippen LogP contribution in [0.2, 0.25) is 0 Å². The second-order valence-corrected chi connectivity index (χ2v) is 2.66. The van der Waals surface area contributed by atoms with Crippen LogP contribution in [-0.2, 0) is 0 Å². The van der Waals surface area contributed by atoms with Gasteiger partial charge in [-0.1, -0.05) is 13.8 Å². The fraction of sp³-hybridized carbons (Fsp3) is 1.00. The van der Waals surface area contributed by atoms with Gasteiger partial charge >= 0.3 is 12.2 Å². The fourth-order valence-electron chi connectivity index (χ4n) is 1.00. The van der Waals surface area contributed by atoms with Crippen LogP contribution in [-0.4, -0.2) is 36.4 Å². The van der Waals surface area contributed by atoms with Gasteiger partial charge in [-0.2, -0.15) is 22.0 Å². The highest BCUT2D eigenvalue weighted by atomic mass is 19.4. The molecule has 0 rings (SSSR count). The van der Waals surface area contributed by atoms with E-state index >= 15 is 0 Å². The molecule has 0 aliphatic heterocycles. The van der Waals surface area contributed by atoms with E-state index in [0.717, 1.165) is 0 Å². The first-order chi connectivity index (χ1) is 6.17. The van der Waals surface area contributed by atoms with Crippen molar-refractivity contribution >= 4 is 0 Å². The van der Waals surface area contributed by atoms with E-state index < -0.39 is 18.4 Å². The van der Waals surface area contributed by atoms with Gasteiger partial charge in [-0.25, -0.2) is 9.29 Å². The minimum Gasteiger partial charge on any atom is -0.242 e. The Labute approximate surface area is 77.7 Å². The molecule has 86 valence electrons. The van der Waals surface area contributed by atoms with Crippen molar-refractivity contribution in [1.82, 2.24) is 4.90 Å². The molecule has 0 aromatic rings. The maximum absolute atomic E-state index is 12.8. The average molecular weight is 223 g/mol. The zero-order valence-corrected chi connectivity index (χ0v) is 7.71. The van der Waals surface area contributed by atoms with Crippen molar-refractivity contribution in [3.8, 4) is 0 Å². The van der Waals surface area contributed by atoms with Crippen molar-refractivity contribution in [2.45, 2.75) is 32.2 Å². The molecule has 0 spiro atoms. The molecule has 0 bridgehead atoms. The Hall–Kier alpha value is -0.460. The summed E-state index contributed by atoms with van der Waals surface area (Å²) in [4.78, 5) is 0.130. The van der Waals surface area contributed by atoms with Gasteiger partial charge in [0.25, 0.3) is 6.17 Å². The van der Waals surface area contributed by atoms with Crippen LogP contribution in [0.3, 0.4) is 0 Å². The molecule has 0 saturated carbocycles. The van der Waals surface area contributed by atoms with Crippen molar-refractivity contribution in [3.63, 3.8) is 0 Å². The zero-order valence-electron chi connectivity index (χ0n) is 7.71. The lowest BCUT2D eigenvalue weighted by molar-refractivity contribution is -0.287. The molecule has 7 heteroatoms. The molecule has 0 fully saturated rings. The van der Waals surface area contributed by atoms with E-state index in [0.29, 0.717) is 0 Å².